The molecule has 1 amide bonds. The first-order valence-electron chi connectivity index (χ1n) is 12.9. The van der Waals surface area contributed by atoms with Crippen molar-refractivity contribution in [1.82, 2.24) is 9.80 Å². The number of hydrogen-bond acceptors (Lipinski definition) is 5. The minimum atomic E-state index is -0.0798. The quantitative estimate of drug-likeness (QED) is 0.528. The van der Waals surface area contributed by atoms with Crippen molar-refractivity contribution in [3.05, 3.63) is 28.5 Å². The molecule has 1 aromatic heterocycles. The van der Waals surface area contributed by atoms with Crippen LogP contribution >= 0.6 is 11.6 Å². The topological polar surface area (TPSA) is 55.2 Å². The molecule has 3 fully saturated rings. The van der Waals surface area contributed by atoms with Crippen LogP contribution in [0.1, 0.15) is 81.8 Å². The molecule has 3 aliphatic rings. The number of carbonyl (C=O) groups is 1. The molecule has 2 saturated heterocycles. The average Bonchev–Trinajstić information content (AvgIpc) is 3.11. The number of rotatable bonds is 5. The number of ether oxygens (including phenoxy) is 2. The van der Waals surface area contributed by atoms with Gasteiger partial charge in [-0.05, 0) is 51.5 Å². The Labute approximate surface area is 207 Å². The highest BCUT2D eigenvalue weighted by atomic mass is 35.5. The number of furan rings is 1. The lowest BCUT2D eigenvalue weighted by atomic mass is 9.90. The molecule has 1 saturated carbocycles. The molecule has 2 aromatic rings. The van der Waals surface area contributed by atoms with Crippen LogP contribution in [0.4, 0.5) is 0 Å². The summed E-state index contributed by atoms with van der Waals surface area (Å²) in [7, 11) is 0. The molecule has 0 N–H and O–H groups in total. The summed E-state index contributed by atoms with van der Waals surface area (Å²) in [4.78, 5) is 18.0. The van der Waals surface area contributed by atoms with Crippen LogP contribution in [0.15, 0.2) is 16.5 Å². The third-order valence-corrected chi connectivity index (χ3v) is 7.92. The van der Waals surface area contributed by atoms with Gasteiger partial charge in [0.25, 0.3) is 5.91 Å². The van der Waals surface area contributed by atoms with Crippen LogP contribution in [0, 0.1) is 0 Å². The smallest absolute Gasteiger partial charge is 0.290 e. The number of likely N-dealkylation sites (tertiary alicyclic amines) is 1. The van der Waals surface area contributed by atoms with Gasteiger partial charge in [0.1, 0.15) is 17.4 Å². The molecule has 34 heavy (non-hydrogen) atoms. The van der Waals surface area contributed by atoms with E-state index >= 15 is 0 Å². The van der Waals surface area contributed by atoms with E-state index in [1.165, 1.54) is 19.3 Å². The van der Waals surface area contributed by atoms with Gasteiger partial charge in [0.05, 0.1) is 17.2 Å². The molecule has 186 valence electrons. The van der Waals surface area contributed by atoms with Crippen LogP contribution in [0.5, 0.6) is 5.75 Å². The number of hydrogen-bond donors (Lipinski definition) is 0. The molecule has 2 atom stereocenters. The second-order valence-electron chi connectivity index (χ2n) is 10.7. The van der Waals surface area contributed by atoms with Crippen molar-refractivity contribution in [2.75, 3.05) is 26.2 Å². The predicted octanol–water partition coefficient (Wildman–Crippen LogP) is 5.85. The van der Waals surface area contributed by atoms with E-state index < -0.39 is 0 Å². The fourth-order valence-corrected chi connectivity index (χ4v) is 5.92. The Morgan fingerprint density at radius 3 is 2.35 bits per heavy atom. The normalized spacial score (nSPS) is 25.2. The highest BCUT2D eigenvalue weighted by Crippen LogP contribution is 2.39. The van der Waals surface area contributed by atoms with Gasteiger partial charge in [-0.1, -0.05) is 31.9 Å². The van der Waals surface area contributed by atoms with Gasteiger partial charge in [-0.3, -0.25) is 4.79 Å². The number of morpholine rings is 1. The Morgan fingerprint density at radius 1 is 1.09 bits per heavy atom. The Morgan fingerprint density at radius 2 is 1.76 bits per heavy atom. The number of benzene rings is 1. The molecule has 7 heteroatoms. The van der Waals surface area contributed by atoms with Crippen LogP contribution in [0.2, 0.25) is 5.02 Å². The van der Waals surface area contributed by atoms with E-state index in [0.29, 0.717) is 35.2 Å². The SMILES string of the molecule is CC1CN(C(=O)c2oc3cc(OC4CCN(C5CCC5)CC4)c(Cl)cc3c2C(C)C)CC(C)O1. The van der Waals surface area contributed by atoms with Gasteiger partial charge < -0.3 is 23.7 Å². The first-order valence-corrected chi connectivity index (χ1v) is 13.3. The summed E-state index contributed by atoms with van der Waals surface area (Å²) in [5, 5.41) is 1.47. The van der Waals surface area contributed by atoms with Gasteiger partial charge in [-0.15, -0.1) is 0 Å². The van der Waals surface area contributed by atoms with Crippen molar-refractivity contribution in [2.45, 2.75) is 90.1 Å². The summed E-state index contributed by atoms with van der Waals surface area (Å²) in [5.74, 6) is 1.10. The molecule has 6 nitrogen and oxygen atoms in total. The third-order valence-electron chi connectivity index (χ3n) is 7.62. The highest BCUT2D eigenvalue weighted by molar-refractivity contribution is 6.33. The maximum Gasteiger partial charge on any atom is 0.290 e. The summed E-state index contributed by atoms with van der Waals surface area (Å²) >= 11 is 6.70. The monoisotopic (exact) mass is 488 g/mol. The van der Waals surface area contributed by atoms with Gasteiger partial charge in [0.2, 0.25) is 0 Å². The largest absolute Gasteiger partial charge is 0.489 e. The van der Waals surface area contributed by atoms with Gasteiger partial charge in [-0.25, -0.2) is 0 Å². The number of halogens is 1. The zero-order valence-corrected chi connectivity index (χ0v) is 21.6. The molecule has 2 unspecified atom stereocenters. The Kier molecular flexibility index (Phi) is 6.84. The molecule has 2 aliphatic heterocycles. The number of nitrogens with zero attached hydrogens (tertiary/aromatic N) is 2. The number of carbonyl (C=O) groups excluding carboxylic acids is 1. The summed E-state index contributed by atoms with van der Waals surface area (Å²) in [6.45, 7) is 11.5. The van der Waals surface area contributed by atoms with Crippen molar-refractivity contribution >= 4 is 28.5 Å². The minimum absolute atomic E-state index is 0.00438. The van der Waals surface area contributed by atoms with E-state index in [1.807, 2.05) is 30.9 Å². The third kappa shape index (κ3) is 4.69. The molecular weight excluding hydrogens is 452 g/mol. The summed E-state index contributed by atoms with van der Waals surface area (Å²) in [5.41, 5.74) is 1.57. The molecule has 1 aliphatic carbocycles. The van der Waals surface area contributed by atoms with Crippen LogP contribution in [0.3, 0.4) is 0 Å². The Balaban J connectivity index is 1.37. The van der Waals surface area contributed by atoms with Crippen molar-refractivity contribution < 1.29 is 18.7 Å². The van der Waals surface area contributed by atoms with E-state index in [1.54, 1.807) is 0 Å². The molecule has 1 aromatic carbocycles. The van der Waals surface area contributed by atoms with E-state index in [4.69, 9.17) is 25.5 Å². The van der Waals surface area contributed by atoms with Crippen LogP contribution in [-0.4, -0.2) is 66.2 Å². The fraction of sp³-hybridized carbons (Fsp3) is 0.667. The Bertz CT molecular complexity index is 1030. The zero-order valence-electron chi connectivity index (χ0n) is 20.8. The second kappa shape index (κ2) is 9.71. The minimum Gasteiger partial charge on any atom is -0.489 e. The van der Waals surface area contributed by atoms with Crippen LogP contribution in [0.25, 0.3) is 11.0 Å². The molecule has 5 rings (SSSR count). The Hall–Kier alpha value is -1.76. The van der Waals surface area contributed by atoms with Crippen molar-refractivity contribution in [3.63, 3.8) is 0 Å². The maximum absolute atomic E-state index is 13.5. The molecule has 3 heterocycles. The van der Waals surface area contributed by atoms with E-state index in [2.05, 4.69) is 18.7 Å². The first kappa shape index (κ1) is 24.0. The van der Waals surface area contributed by atoms with Crippen LogP contribution < -0.4 is 4.74 Å². The van der Waals surface area contributed by atoms with E-state index in [0.717, 1.165) is 42.9 Å². The standard InChI is InChI=1S/C27H37ClN2O4/c1-16(2)25-21-12-22(28)24(33-20-8-10-29(11-9-20)19-6-5-7-19)13-23(21)34-26(25)27(31)30-14-17(3)32-18(4)15-30/h12-13,16-20H,5-11,14-15H2,1-4H3. The molecule has 0 radical (unpaired) electrons. The first-order chi connectivity index (χ1) is 16.3. The van der Waals surface area contributed by atoms with Gasteiger partial charge in [-0.2, -0.15) is 0 Å². The highest BCUT2D eigenvalue weighted by Gasteiger charge is 2.33. The number of amides is 1. The lowest BCUT2D eigenvalue weighted by Gasteiger charge is -2.41. The predicted molar refractivity (Wildman–Crippen MR) is 134 cm³/mol. The molecule has 0 bridgehead atoms. The van der Waals surface area contributed by atoms with Crippen molar-refractivity contribution in [2.24, 2.45) is 0 Å². The average molecular weight is 489 g/mol. The number of fused-ring (bicyclic) bond motifs is 1. The lowest BCUT2D eigenvalue weighted by molar-refractivity contribution is -0.0592. The second-order valence-corrected chi connectivity index (χ2v) is 11.1. The van der Waals surface area contributed by atoms with Crippen molar-refractivity contribution in [1.29, 1.82) is 0 Å². The zero-order chi connectivity index (χ0) is 24.0. The molecular formula is C27H37ClN2O4. The van der Waals surface area contributed by atoms with Gasteiger partial charge in [0, 0.05) is 49.2 Å². The van der Waals surface area contributed by atoms with Gasteiger partial charge >= 0.3 is 0 Å². The summed E-state index contributed by atoms with van der Waals surface area (Å²) < 4.78 is 18.4. The van der Waals surface area contributed by atoms with Crippen molar-refractivity contribution in [3.8, 4) is 5.75 Å². The summed E-state index contributed by atoms with van der Waals surface area (Å²) in [6, 6.07) is 4.57. The number of piperidine rings is 1. The van der Waals surface area contributed by atoms with E-state index in [9.17, 15) is 4.79 Å². The van der Waals surface area contributed by atoms with Crippen LogP contribution in [-0.2, 0) is 4.74 Å². The maximum atomic E-state index is 13.5. The van der Waals surface area contributed by atoms with Gasteiger partial charge in [0.15, 0.2) is 5.76 Å². The summed E-state index contributed by atoms with van der Waals surface area (Å²) in [6.07, 6.45) is 6.24. The lowest BCUT2D eigenvalue weighted by Crippen LogP contribution is -2.48. The molecule has 0 spiro atoms. The fourth-order valence-electron chi connectivity index (χ4n) is 5.72. The van der Waals surface area contributed by atoms with E-state index in [-0.39, 0.29) is 30.1 Å².